The van der Waals surface area contributed by atoms with Crippen LogP contribution in [0.5, 0.6) is 0 Å². The standard InChI is InChI=1S/C11H22O2/c1-9(13-11(5,6)7)8-12-10(2,3)4/h1,8H2,2-7H3. The van der Waals surface area contributed by atoms with E-state index in [1.807, 2.05) is 41.5 Å². The van der Waals surface area contributed by atoms with Crippen LogP contribution in [0.2, 0.25) is 0 Å². The Balaban J connectivity index is 3.78. The average Bonchev–Trinajstić information content (AvgIpc) is 1.78. The molecule has 0 rings (SSSR count). The summed E-state index contributed by atoms with van der Waals surface area (Å²) in [6, 6.07) is 0. The van der Waals surface area contributed by atoms with E-state index in [9.17, 15) is 0 Å². The third-order valence-electron chi connectivity index (χ3n) is 1.12. The molecular formula is C11H22O2. The van der Waals surface area contributed by atoms with Gasteiger partial charge in [-0.15, -0.1) is 0 Å². The van der Waals surface area contributed by atoms with Crippen molar-refractivity contribution in [3.8, 4) is 0 Å². The molecule has 0 aromatic heterocycles. The maximum Gasteiger partial charge on any atom is 0.115 e. The van der Waals surface area contributed by atoms with E-state index in [-0.39, 0.29) is 11.2 Å². The largest absolute Gasteiger partial charge is 0.491 e. The summed E-state index contributed by atoms with van der Waals surface area (Å²) in [5.41, 5.74) is -0.317. The molecule has 0 spiro atoms. The van der Waals surface area contributed by atoms with Gasteiger partial charge in [0.05, 0.1) is 5.60 Å². The lowest BCUT2D eigenvalue weighted by atomic mass is 10.2. The van der Waals surface area contributed by atoms with Crippen molar-refractivity contribution in [2.45, 2.75) is 52.7 Å². The molecule has 0 amide bonds. The SMILES string of the molecule is C=C(COC(C)(C)C)OC(C)(C)C. The highest BCUT2D eigenvalue weighted by molar-refractivity contribution is 4.86. The van der Waals surface area contributed by atoms with Gasteiger partial charge in [-0.3, -0.25) is 0 Å². The molecule has 0 aromatic carbocycles. The lowest BCUT2D eigenvalue weighted by Crippen LogP contribution is -2.24. The smallest absolute Gasteiger partial charge is 0.115 e. The minimum absolute atomic E-state index is 0.135. The van der Waals surface area contributed by atoms with E-state index in [0.29, 0.717) is 12.4 Å². The van der Waals surface area contributed by atoms with Crippen molar-refractivity contribution < 1.29 is 9.47 Å². The highest BCUT2D eigenvalue weighted by atomic mass is 16.5. The average molecular weight is 186 g/mol. The van der Waals surface area contributed by atoms with Gasteiger partial charge in [0.2, 0.25) is 0 Å². The van der Waals surface area contributed by atoms with Crippen LogP contribution < -0.4 is 0 Å². The number of hydrogen-bond acceptors (Lipinski definition) is 2. The Morgan fingerprint density at radius 3 is 1.77 bits per heavy atom. The molecule has 0 heterocycles. The van der Waals surface area contributed by atoms with Crippen LogP contribution in [0.1, 0.15) is 41.5 Å². The van der Waals surface area contributed by atoms with Crippen molar-refractivity contribution in [1.29, 1.82) is 0 Å². The summed E-state index contributed by atoms with van der Waals surface area (Å²) >= 11 is 0. The van der Waals surface area contributed by atoms with Crippen molar-refractivity contribution in [1.82, 2.24) is 0 Å². The summed E-state index contributed by atoms with van der Waals surface area (Å²) in [5, 5.41) is 0. The van der Waals surface area contributed by atoms with Crippen LogP contribution in [-0.4, -0.2) is 17.8 Å². The summed E-state index contributed by atoms with van der Waals surface area (Å²) in [7, 11) is 0. The molecule has 0 bridgehead atoms. The van der Waals surface area contributed by atoms with Gasteiger partial charge in [0.1, 0.15) is 18.0 Å². The molecule has 78 valence electrons. The van der Waals surface area contributed by atoms with Gasteiger partial charge >= 0.3 is 0 Å². The van der Waals surface area contributed by atoms with Gasteiger partial charge in [-0.2, -0.15) is 0 Å². The Labute approximate surface area is 81.9 Å². The zero-order valence-corrected chi connectivity index (χ0v) is 9.73. The van der Waals surface area contributed by atoms with Gasteiger partial charge in [0, 0.05) is 0 Å². The fourth-order valence-corrected chi connectivity index (χ4v) is 0.759. The highest BCUT2D eigenvalue weighted by Gasteiger charge is 2.15. The molecule has 0 fully saturated rings. The second kappa shape index (κ2) is 4.14. The molecule has 0 unspecified atom stereocenters. The van der Waals surface area contributed by atoms with Gasteiger partial charge in [0.15, 0.2) is 0 Å². The minimum atomic E-state index is -0.182. The second-order valence-electron chi connectivity index (χ2n) is 5.15. The van der Waals surface area contributed by atoms with Crippen molar-refractivity contribution in [2.24, 2.45) is 0 Å². The van der Waals surface area contributed by atoms with E-state index in [1.165, 1.54) is 0 Å². The van der Waals surface area contributed by atoms with Gasteiger partial charge in [-0.1, -0.05) is 6.58 Å². The third-order valence-corrected chi connectivity index (χ3v) is 1.12. The van der Waals surface area contributed by atoms with E-state index in [4.69, 9.17) is 9.47 Å². The van der Waals surface area contributed by atoms with Crippen LogP contribution in [0.25, 0.3) is 0 Å². The Morgan fingerprint density at radius 1 is 1.00 bits per heavy atom. The normalized spacial score (nSPS) is 12.8. The summed E-state index contributed by atoms with van der Waals surface area (Å²) < 4.78 is 11.0. The van der Waals surface area contributed by atoms with Gasteiger partial charge in [-0.05, 0) is 41.5 Å². The van der Waals surface area contributed by atoms with Crippen LogP contribution >= 0.6 is 0 Å². The van der Waals surface area contributed by atoms with Crippen molar-refractivity contribution >= 4 is 0 Å². The van der Waals surface area contributed by atoms with Crippen LogP contribution in [0, 0.1) is 0 Å². The molecule has 0 aromatic rings. The number of rotatable bonds is 3. The van der Waals surface area contributed by atoms with E-state index >= 15 is 0 Å². The van der Waals surface area contributed by atoms with Crippen LogP contribution in [0.15, 0.2) is 12.3 Å². The van der Waals surface area contributed by atoms with Gasteiger partial charge in [-0.25, -0.2) is 0 Å². The Bertz CT molecular complexity index is 170. The molecule has 13 heavy (non-hydrogen) atoms. The molecule has 0 radical (unpaired) electrons. The zero-order valence-electron chi connectivity index (χ0n) is 9.73. The molecule has 0 N–H and O–H groups in total. The van der Waals surface area contributed by atoms with E-state index in [1.54, 1.807) is 0 Å². The first kappa shape index (κ1) is 12.5. The minimum Gasteiger partial charge on any atom is -0.491 e. The summed E-state index contributed by atoms with van der Waals surface area (Å²) in [6.07, 6.45) is 0. The predicted octanol–water partition coefficient (Wildman–Crippen LogP) is 3.13. The first-order valence-electron chi connectivity index (χ1n) is 4.61. The summed E-state index contributed by atoms with van der Waals surface area (Å²) in [4.78, 5) is 0. The maximum atomic E-state index is 5.51. The van der Waals surface area contributed by atoms with E-state index in [2.05, 4.69) is 6.58 Å². The second-order valence-corrected chi connectivity index (χ2v) is 5.15. The fraction of sp³-hybridized carbons (Fsp3) is 0.818. The molecule has 0 saturated heterocycles. The molecule has 2 heteroatoms. The molecule has 0 aliphatic heterocycles. The van der Waals surface area contributed by atoms with Crippen LogP contribution in [0.4, 0.5) is 0 Å². The van der Waals surface area contributed by atoms with Crippen molar-refractivity contribution in [3.05, 3.63) is 12.3 Å². The molecule has 0 aliphatic carbocycles. The quantitative estimate of drug-likeness (QED) is 0.630. The van der Waals surface area contributed by atoms with E-state index in [0.717, 1.165) is 0 Å². The number of ether oxygens (including phenoxy) is 2. The van der Waals surface area contributed by atoms with Gasteiger partial charge < -0.3 is 9.47 Å². The first-order valence-corrected chi connectivity index (χ1v) is 4.61. The summed E-state index contributed by atoms with van der Waals surface area (Å²) in [5.74, 6) is 0.683. The van der Waals surface area contributed by atoms with E-state index < -0.39 is 0 Å². The Morgan fingerprint density at radius 2 is 1.46 bits per heavy atom. The lowest BCUT2D eigenvalue weighted by molar-refractivity contribution is -0.0335. The molecule has 0 saturated carbocycles. The zero-order chi connectivity index (χ0) is 10.7. The Hall–Kier alpha value is -0.500. The van der Waals surface area contributed by atoms with Crippen molar-refractivity contribution in [2.75, 3.05) is 6.61 Å². The topological polar surface area (TPSA) is 18.5 Å². The third kappa shape index (κ3) is 9.41. The number of hydrogen-bond donors (Lipinski definition) is 0. The molecular weight excluding hydrogens is 164 g/mol. The molecule has 0 aliphatic rings. The van der Waals surface area contributed by atoms with Crippen LogP contribution in [-0.2, 0) is 9.47 Å². The fourth-order valence-electron chi connectivity index (χ4n) is 0.759. The highest BCUT2D eigenvalue weighted by Crippen LogP contribution is 2.15. The summed E-state index contributed by atoms with van der Waals surface area (Å²) in [6.45, 7) is 16.3. The molecule has 2 nitrogen and oxygen atoms in total. The Kier molecular flexibility index (Phi) is 3.98. The monoisotopic (exact) mass is 186 g/mol. The maximum absolute atomic E-state index is 5.51. The van der Waals surface area contributed by atoms with Crippen molar-refractivity contribution in [3.63, 3.8) is 0 Å². The van der Waals surface area contributed by atoms with Gasteiger partial charge in [0.25, 0.3) is 0 Å². The predicted molar refractivity (Wildman–Crippen MR) is 55.7 cm³/mol. The lowest BCUT2D eigenvalue weighted by Gasteiger charge is -2.25. The first-order chi connectivity index (χ1) is 5.60. The van der Waals surface area contributed by atoms with Crippen LogP contribution in [0.3, 0.4) is 0 Å². The molecule has 0 atom stereocenters.